The summed E-state index contributed by atoms with van der Waals surface area (Å²) in [4.78, 5) is 6.75. The van der Waals surface area contributed by atoms with E-state index in [-0.39, 0.29) is 0 Å². The number of hydrogen-bond acceptors (Lipinski definition) is 2. The van der Waals surface area contributed by atoms with E-state index in [1.165, 1.54) is 0 Å². The molecule has 0 saturated heterocycles. The lowest BCUT2D eigenvalue weighted by Crippen LogP contribution is -2.23. The van der Waals surface area contributed by atoms with Crippen LogP contribution in [0.1, 0.15) is 18.8 Å². The monoisotopic (exact) mass is 251 g/mol. The minimum absolute atomic E-state index is 0.367. The van der Waals surface area contributed by atoms with E-state index >= 15 is 0 Å². The molecular formula is C13H18ClN3. The van der Waals surface area contributed by atoms with E-state index in [1.807, 2.05) is 18.2 Å². The van der Waals surface area contributed by atoms with E-state index in [0.717, 1.165) is 23.4 Å². The average molecular weight is 252 g/mol. The van der Waals surface area contributed by atoms with Crippen LogP contribution in [0.25, 0.3) is 11.0 Å². The highest BCUT2D eigenvalue weighted by Crippen LogP contribution is 2.22. The molecule has 0 saturated carbocycles. The van der Waals surface area contributed by atoms with Crippen molar-refractivity contribution in [3.63, 3.8) is 0 Å². The predicted molar refractivity (Wildman–Crippen MR) is 72.6 cm³/mol. The number of nitrogens with zero attached hydrogens (tertiary/aromatic N) is 3. The van der Waals surface area contributed by atoms with Crippen molar-refractivity contribution in [1.82, 2.24) is 14.5 Å². The number of hydrogen-bond donors (Lipinski definition) is 0. The molecule has 2 rings (SSSR count). The van der Waals surface area contributed by atoms with E-state index in [0.29, 0.717) is 11.9 Å². The molecule has 1 aromatic heterocycles. The van der Waals surface area contributed by atoms with Crippen molar-refractivity contribution in [2.45, 2.75) is 18.8 Å². The molecule has 3 nitrogen and oxygen atoms in total. The zero-order valence-corrected chi connectivity index (χ0v) is 11.3. The first-order valence-electron chi connectivity index (χ1n) is 5.80. The lowest BCUT2D eigenvalue weighted by atomic mass is 10.2. The number of rotatable bonds is 4. The summed E-state index contributed by atoms with van der Waals surface area (Å²) in [6.45, 7) is 3.18. The molecule has 1 aromatic carbocycles. The number of likely N-dealkylation sites (N-methyl/N-ethyl adjacent to an activating group) is 1. The van der Waals surface area contributed by atoms with Gasteiger partial charge in [-0.2, -0.15) is 0 Å². The smallest absolute Gasteiger partial charge is 0.125 e. The van der Waals surface area contributed by atoms with Crippen LogP contribution in [-0.4, -0.2) is 35.1 Å². The Balaban J connectivity index is 2.49. The normalized spacial score (nSPS) is 13.5. The van der Waals surface area contributed by atoms with E-state index in [4.69, 9.17) is 11.6 Å². The zero-order valence-electron chi connectivity index (χ0n) is 10.5. The molecule has 1 atom stereocenters. The van der Waals surface area contributed by atoms with Gasteiger partial charge in [0.05, 0.1) is 16.9 Å². The summed E-state index contributed by atoms with van der Waals surface area (Å²) < 4.78 is 2.24. The average Bonchev–Trinajstić information content (AvgIpc) is 2.66. The molecular weight excluding hydrogens is 234 g/mol. The van der Waals surface area contributed by atoms with Crippen LogP contribution in [0.3, 0.4) is 0 Å². The Labute approximate surface area is 107 Å². The van der Waals surface area contributed by atoms with Gasteiger partial charge < -0.3 is 9.47 Å². The largest absolute Gasteiger partial charge is 0.323 e. The van der Waals surface area contributed by atoms with Crippen LogP contribution in [0.15, 0.2) is 24.3 Å². The fraction of sp³-hybridized carbons (Fsp3) is 0.462. The lowest BCUT2D eigenvalue weighted by molar-refractivity contribution is 0.337. The molecule has 4 heteroatoms. The van der Waals surface area contributed by atoms with Gasteiger partial charge in [-0.1, -0.05) is 12.1 Å². The number of alkyl halides is 1. The van der Waals surface area contributed by atoms with Crippen LogP contribution in [0.5, 0.6) is 0 Å². The molecule has 0 aliphatic carbocycles. The summed E-state index contributed by atoms with van der Waals surface area (Å²) in [5.41, 5.74) is 2.19. The molecule has 0 bridgehead atoms. The van der Waals surface area contributed by atoms with Crippen LogP contribution >= 0.6 is 11.6 Å². The summed E-state index contributed by atoms with van der Waals surface area (Å²) in [5.74, 6) is 1.40. The number of halogens is 1. The fourth-order valence-corrected chi connectivity index (χ4v) is 2.48. The van der Waals surface area contributed by atoms with Gasteiger partial charge in [0.2, 0.25) is 0 Å². The number of aromatic nitrogens is 2. The van der Waals surface area contributed by atoms with Gasteiger partial charge in [-0.05, 0) is 33.2 Å². The third-order valence-electron chi connectivity index (χ3n) is 2.86. The summed E-state index contributed by atoms with van der Waals surface area (Å²) >= 11 is 5.99. The van der Waals surface area contributed by atoms with E-state index < -0.39 is 0 Å². The number of para-hydroxylation sites is 2. The molecule has 0 radical (unpaired) electrons. The topological polar surface area (TPSA) is 21.1 Å². The van der Waals surface area contributed by atoms with Crippen molar-refractivity contribution < 1.29 is 0 Å². The van der Waals surface area contributed by atoms with Gasteiger partial charge in [0.1, 0.15) is 5.82 Å². The number of benzene rings is 1. The maximum absolute atomic E-state index is 5.99. The molecule has 2 aromatic rings. The minimum Gasteiger partial charge on any atom is -0.323 e. The molecule has 0 aliphatic rings. The van der Waals surface area contributed by atoms with Crippen molar-refractivity contribution in [2.24, 2.45) is 0 Å². The quantitative estimate of drug-likeness (QED) is 0.780. The Morgan fingerprint density at radius 1 is 1.35 bits per heavy atom. The number of fused-ring (bicyclic) bond motifs is 1. The van der Waals surface area contributed by atoms with Gasteiger partial charge >= 0.3 is 0 Å². The third-order valence-corrected chi connectivity index (χ3v) is 3.10. The first-order chi connectivity index (χ1) is 8.13. The molecule has 1 heterocycles. The highest BCUT2D eigenvalue weighted by molar-refractivity contribution is 6.16. The predicted octanol–water partition coefficient (Wildman–Crippen LogP) is 2.90. The van der Waals surface area contributed by atoms with Crippen LogP contribution < -0.4 is 0 Å². The first-order valence-corrected chi connectivity index (χ1v) is 6.33. The zero-order chi connectivity index (χ0) is 12.4. The van der Waals surface area contributed by atoms with E-state index in [2.05, 4.69) is 41.5 Å². The van der Waals surface area contributed by atoms with Crippen molar-refractivity contribution in [3.8, 4) is 0 Å². The Morgan fingerprint density at radius 2 is 2.06 bits per heavy atom. The van der Waals surface area contributed by atoms with E-state index in [1.54, 1.807) is 0 Å². The SMILES string of the molecule is CC(CN(C)C)n1c(CCl)nc2ccccc21. The van der Waals surface area contributed by atoms with Gasteiger partial charge in [-0.3, -0.25) is 0 Å². The summed E-state index contributed by atoms with van der Waals surface area (Å²) in [7, 11) is 4.16. The second-order valence-corrected chi connectivity index (χ2v) is 4.90. The molecule has 0 fully saturated rings. The van der Waals surface area contributed by atoms with Crippen LogP contribution in [0.4, 0.5) is 0 Å². The van der Waals surface area contributed by atoms with E-state index in [9.17, 15) is 0 Å². The number of imidazole rings is 1. The van der Waals surface area contributed by atoms with Gasteiger partial charge in [-0.25, -0.2) is 4.98 Å². The van der Waals surface area contributed by atoms with Gasteiger partial charge in [0, 0.05) is 12.6 Å². The van der Waals surface area contributed by atoms with Gasteiger partial charge in [0.15, 0.2) is 0 Å². The Morgan fingerprint density at radius 3 is 2.71 bits per heavy atom. The molecule has 17 heavy (non-hydrogen) atoms. The maximum atomic E-state index is 5.99. The lowest BCUT2D eigenvalue weighted by Gasteiger charge is -2.20. The van der Waals surface area contributed by atoms with Crippen molar-refractivity contribution in [3.05, 3.63) is 30.1 Å². The molecule has 0 amide bonds. The Bertz CT molecular complexity index is 504. The van der Waals surface area contributed by atoms with Gasteiger partial charge in [-0.15, -0.1) is 11.6 Å². The second kappa shape index (κ2) is 5.07. The molecule has 92 valence electrons. The Hall–Kier alpha value is -1.06. The van der Waals surface area contributed by atoms with Crippen molar-refractivity contribution >= 4 is 22.6 Å². The third kappa shape index (κ3) is 2.45. The fourth-order valence-electron chi connectivity index (χ4n) is 2.29. The van der Waals surface area contributed by atoms with Crippen LogP contribution in [0.2, 0.25) is 0 Å². The van der Waals surface area contributed by atoms with Crippen LogP contribution in [0, 0.1) is 0 Å². The maximum Gasteiger partial charge on any atom is 0.125 e. The molecule has 0 spiro atoms. The van der Waals surface area contributed by atoms with Crippen molar-refractivity contribution in [2.75, 3.05) is 20.6 Å². The molecule has 0 N–H and O–H groups in total. The first kappa shape index (κ1) is 12.4. The highest BCUT2D eigenvalue weighted by atomic mass is 35.5. The highest BCUT2D eigenvalue weighted by Gasteiger charge is 2.15. The second-order valence-electron chi connectivity index (χ2n) is 4.63. The molecule has 1 unspecified atom stereocenters. The minimum atomic E-state index is 0.367. The summed E-state index contributed by atoms with van der Waals surface area (Å²) in [6.07, 6.45) is 0. The van der Waals surface area contributed by atoms with Gasteiger partial charge in [0.25, 0.3) is 0 Å². The summed E-state index contributed by atoms with van der Waals surface area (Å²) in [5, 5.41) is 0. The molecule has 0 aliphatic heterocycles. The Kier molecular flexibility index (Phi) is 3.69. The van der Waals surface area contributed by atoms with Crippen molar-refractivity contribution in [1.29, 1.82) is 0 Å². The van der Waals surface area contributed by atoms with Crippen LogP contribution in [-0.2, 0) is 5.88 Å². The standard InChI is InChI=1S/C13H18ClN3/c1-10(9-16(2)3)17-12-7-5-4-6-11(12)15-13(17)8-14/h4-7,10H,8-9H2,1-3H3. The summed E-state index contributed by atoms with van der Waals surface area (Å²) in [6, 6.07) is 8.55.